The number of esters is 1. The van der Waals surface area contributed by atoms with Gasteiger partial charge in [-0.15, -0.1) is 0 Å². The van der Waals surface area contributed by atoms with E-state index in [2.05, 4.69) is 11.9 Å². The molecule has 0 saturated carbocycles. The summed E-state index contributed by atoms with van der Waals surface area (Å²) in [5.74, 6) is -0.464. The van der Waals surface area contributed by atoms with Crippen LogP contribution in [0.25, 0.3) is 0 Å². The highest BCUT2D eigenvalue weighted by atomic mass is 16.6. The molecule has 1 N–H and O–H groups in total. The lowest BCUT2D eigenvalue weighted by atomic mass is 10.2. The van der Waals surface area contributed by atoms with E-state index in [-0.39, 0.29) is 24.8 Å². The summed E-state index contributed by atoms with van der Waals surface area (Å²) >= 11 is 0. The quantitative estimate of drug-likeness (QED) is 0.641. The molecule has 1 amide bonds. The number of rotatable bonds is 6. The van der Waals surface area contributed by atoms with Crippen molar-refractivity contribution in [2.75, 3.05) is 6.61 Å². The second-order valence-corrected chi connectivity index (χ2v) is 4.66. The monoisotopic (exact) mass is 277 g/mol. The maximum Gasteiger partial charge on any atom is 0.411 e. The van der Waals surface area contributed by atoms with Crippen molar-refractivity contribution in [2.45, 2.75) is 20.5 Å². The van der Waals surface area contributed by atoms with E-state index in [1.54, 1.807) is 0 Å². The van der Waals surface area contributed by atoms with Crippen LogP contribution in [0.5, 0.6) is 0 Å². The first-order valence-corrected chi connectivity index (χ1v) is 6.32. The molecule has 0 atom stereocenters. The van der Waals surface area contributed by atoms with Crippen LogP contribution in [-0.2, 0) is 20.9 Å². The summed E-state index contributed by atoms with van der Waals surface area (Å²) in [7, 11) is 0. The van der Waals surface area contributed by atoms with E-state index in [1.165, 1.54) is 0 Å². The summed E-state index contributed by atoms with van der Waals surface area (Å²) in [5.41, 5.74) is 0.714. The third kappa shape index (κ3) is 6.04. The second-order valence-electron chi connectivity index (χ2n) is 4.66. The Morgan fingerprint density at radius 1 is 1.20 bits per heavy atom. The van der Waals surface area contributed by atoms with Gasteiger partial charge in [0.05, 0.1) is 6.61 Å². The van der Waals surface area contributed by atoms with Gasteiger partial charge >= 0.3 is 12.1 Å². The third-order valence-corrected chi connectivity index (χ3v) is 2.26. The van der Waals surface area contributed by atoms with Gasteiger partial charge in [-0.05, 0) is 11.5 Å². The van der Waals surface area contributed by atoms with Crippen LogP contribution in [0.1, 0.15) is 19.4 Å². The lowest BCUT2D eigenvalue weighted by Gasteiger charge is -2.10. The van der Waals surface area contributed by atoms with Gasteiger partial charge in [0.25, 0.3) is 0 Å². The van der Waals surface area contributed by atoms with E-state index in [0.717, 1.165) is 5.56 Å². The minimum Gasteiger partial charge on any atom is -0.456 e. The molecule has 0 radical (unpaired) electrons. The number of alkyl carbamates (subject to hydrolysis) is 1. The standard InChI is InChI=1S/C15H19NO4/c1-11(2)9-20-15(18)16-12(3)14(17)19-10-13-7-5-4-6-8-13/h4-8,11H,3,9-10H2,1-2H3,(H,16,18). The predicted octanol–water partition coefficient (Wildman–Crippen LogP) is 2.63. The Balaban J connectivity index is 2.32. The number of nitrogens with one attached hydrogen (secondary N) is 1. The molecule has 5 nitrogen and oxygen atoms in total. The van der Waals surface area contributed by atoms with Crippen LogP contribution in [-0.4, -0.2) is 18.7 Å². The number of hydrogen-bond donors (Lipinski definition) is 1. The zero-order chi connectivity index (χ0) is 15.0. The van der Waals surface area contributed by atoms with Gasteiger partial charge < -0.3 is 9.47 Å². The summed E-state index contributed by atoms with van der Waals surface area (Å²) in [5, 5.41) is 2.24. The van der Waals surface area contributed by atoms with Crippen LogP contribution in [0.3, 0.4) is 0 Å². The first-order chi connectivity index (χ1) is 9.49. The fourth-order valence-corrected chi connectivity index (χ4v) is 1.26. The topological polar surface area (TPSA) is 64.6 Å². The van der Waals surface area contributed by atoms with Crippen LogP contribution in [0, 0.1) is 5.92 Å². The van der Waals surface area contributed by atoms with E-state index >= 15 is 0 Å². The van der Waals surface area contributed by atoms with Crippen LogP contribution in [0.4, 0.5) is 4.79 Å². The molecular weight excluding hydrogens is 258 g/mol. The van der Waals surface area contributed by atoms with Gasteiger partial charge in [-0.25, -0.2) is 9.59 Å². The Hall–Kier alpha value is -2.30. The largest absolute Gasteiger partial charge is 0.456 e. The third-order valence-electron chi connectivity index (χ3n) is 2.26. The zero-order valence-corrected chi connectivity index (χ0v) is 11.7. The van der Waals surface area contributed by atoms with Crippen molar-refractivity contribution in [3.8, 4) is 0 Å². The SMILES string of the molecule is C=C(NC(=O)OCC(C)C)C(=O)OCc1ccccc1. The average molecular weight is 277 g/mol. The number of carbonyl (C=O) groups excluding carboxylic acids is 2. The summed E-state index contributed by atoms with van der Waals surface area (Å²) in [6, 6.07) is 9.23. The van der Waals surface area contributed by atoms with Gasteiger partial charge in [-0.3, -0.25) is 5.32 Å². The van der Waals surface area contributed by atoms with E-state index < -0.39 is 12.1 Å². The van der Waals surface area contributed by atoms with E-state index in [9.17, 15) is 9.59 Å². The van der Waals surface area contributed by atoms with Crippen molar-refractivity contribution in [2.24, 2.45) is 5.92 Å². The number of ether oxygens (including phenoxy) is 2. The van der Waals surface area contributed by atoms with Gasteiger partial charge in [-0.1, -0.05) is 50.8 Å². The van der Waals surface area contributed by atoms with Crippen LogP contribution >= 0.6 is 0 Å². The molecule has 0 saturated heterocycles. The summed E-state index contributed by atoms with van der Waals surface area (Å²) < 4.78 is 9.88. The van der Waals surface area contributed by atoms with Crippen LogP contribution in [0.2, 0.25) is 0 Å². The highest BCUT2D eigenvalue weighted by Crippen LogP contribution is 2.02. The number of benzene rings is 1. The van der Waals surface area contributed by atoms with E-state index in [1.807, 2.05) is 44.2 Å². The summed E-state index contributed by atoms with van der Waals surface area (Å²) in [6.45, 7) is 7.68. The number of amides is 1. The van der Waals surface area contributed by atoms with Crippen molar-refractivity contribution in [1.82, 2.24) is 5.32 Å². The maximum atomic E-state index is 11.6. The Morgan fingerprint density at radius 3 is 2.45 bits per heavy atom. The van der Waals surface area contributed by atoms with Gasteiger partial charge in [-0.2, -0.15) is 0 Å². The lowest BCUT2D eigenvalue weighted by molar-refractivity contribution is -0.140. The molecule has 108 valence electrons. The normalized spacial score (nSPS) is 9.95. The summed E-state index contributed by atoms with van der Waals surface area (Å²) in [6.07, 6.45) is -0.708. The minimum atomic E-state index is -0.708. The van der Waals surface area contributed by atoms with E-state index in [0.29, 0.717) is 0 Å². The fourth-order valence-electron chi connectivity index (χ4n) is 1.26. The number of hydrogen-bond acceptors (Lipinski definition) is 4. The minimum absolute atomic E-state index is 0.126. The molecule has 0 unspecified atom stereocenters. The molecule has 20 heavy (non-hydrogen) atoms. The molecule has 0 heterocycles. The summed E-state index contributed by atoms with van der Waals surface area (Å²) in [4.78, 5) is 22.9. The highest BCUT2D eigenvalue weighted by Gasteiger charge is 2.13. The molecule has 0 spiro atoms. The second kappa shape index (κ2) is 7.99. The molecule has 0 aromatic heterocycles. The van der Waals surface area contributed by atoms with Gasteiger partial charge in [0.1, 0.15) is 12.3 Å². The molecule has 1 rings (SSSR count). The molecular formula is C15H19NO4. The van der Waals surface area contributed by atoms with Gasteiger partial charge in [0.15, 0.2) is 0 Å². The predicted molar refractivity (Wildman–Crippen MR) is 74.7 cm³/mol. The number of carbonyl (C=O) groups is 2. The van der Waals surface area contributed by atoms with Crippen molar-refractivity contribution in [1.29, 1.82) is 0 Å². The van der Waals surface area contributed by atoms with Crippen LogP contribution < -0.4 is 5.32 Å². The van der Waals surface area contributed by atoms with Gasteiger partial charge in [0, 0.05) is 0 Å². The van der Waals surface area contributed by atoms with Crippen LogP contribution in [0.15, 0.2) is 42.6 Å². The van der Waals surface area contributed by atoms with Crippen molar-refractivity contribution < 1.29 is 19.1 Å². The first kappa shape index (κ1) is 15.8. The maximum absolute atomic E-state index is 11.6. The molecule has 5 heteroatoms. The fraction of sp³-hybridized carbons (Fsp3) is 0.333. The first-order valence-electron chi connectivity index (χ1n) is 6.32. The molecule has 0 aliphatic rings. The Bertz CT molecular complexity index is 468. The highest BCUT2D eigenvalue weighted by molar-refractivity contribution is 5.91. The Kier molecular flexibility index (Phi) is 6.29. The lowest BCUT2D eigenvalue weighted by Crippen LogP contribution is -2.29. The zero-order valence-electron chi connectivity index (χ0n) is 11.7. The molecule has 0 fully saturated rings. The smallest absolute Gasteiger partial charge is 0.411 e. The molecule has 1 aromatic rings. The molecule has 0 aliphatic heterocycles. The van der Waals surface area contributed by atoms with Gasteiger partial charge in [0.2, 0.25) is 0 Å². The Labute approximate surface area is 118 Å². The average Bonchev–Trinajstić information content (AvgIpc) is 2.43. The van der Waals surface area contributed by atoms with Crippen molar-refractivity contribution >= 4 is 12.1 Å². The van der Waals surface area contributed by atoms with Crippen molar-refractivity contribution in [3.05, 3.63) is 48.2 Å². The molecule has 0 aliphatic carbocycles. The Morgan fingerprint density at radius 2 is 1.85 bits per heavy atom. The molecule has 0 bridgehead atoms. The molecule has 1 aromatic carbocycles. The van der Waals surface area contributed by atoms with Crippen molar-refractivity contribution in [3.63, 3.8) is 0 Å². The van der Waals surface area contributed by atoms with E-state index in [4.69, 9.17) is 9.47 Å².